The Labute approximate surface area is 219 Å². The summed E-state index contributed by atoms with van der Waals surface area (Å²) in [7, 11) is 6.09. The topological polar surface area (TPSA) is 133 Å². The largest absolute Gasteiger partial charge is 0.496 e. The molecule has 0 unspecified atom stereocenters. The lowest BCUT2D eigenvalue weighted by molar-refractivity contribution is -0.218. The van der Waals surface area contributed by atoms with Gasteiger partial charge in [0.1, 0.15) is 29.5 Å². The number of methoxy groups -OCH3 is 4. The van der Waals surface area contributed by atoms with Gasteiger partial charge in [0.05, 0.1) is 39.9 Å². The number of hydrogen-bond acceptors (Lipinski definition) is 11. The van der Waals surface area contributed by atoms with E-state index in [2.05, 4.69) is 6.58 Å². The molecule has 1 aliphatic rings. The van der Waals surface area contributed by atoms with Crippen LogP contribution in [0.1, 0.15) is 18.1 Å². The summed E-state index contributed by atoms with van der Waals surface area (Å²) in [5, 5.41) is 30.5. The van der Waals surface area contributed by atoms with Crippen LogP contribution in [-0.2, 0) is 14.3 Å². The Morgan fingerprint density at radius 1 is 0.946 bits per heavy atom. The Hall–Kier alpha value is -2.96. The fourth-order valence-corrected chi connectivity index (χ4v) is 5.23. The second kappa shape index (κ2) is 12.5. The first kappa shape index (κ1) is 28.6. The van der Waals surface area contributed by atoms with Crippen molar-refractivity contribution in [1.82, 2.24) is 0 Å². The molecule has 202 valence electrons. The maximum atomic E-state index is 11.7. The molecule has 1 saturated heterocycles. The van der Waals surface area contributed by atoms with E-state index in [-0.39, 0.29) is 0 Å². The molecular formula is C26H32O10S. The van der Waals surface area contributed by atoms with Gasteiger partial charge in [0.25, 0.3) is 0 Å². The Balaban J connectivity index is 1.99. The van der Waals surface area contributed by atoms with Crippen LogP contribution in [0.3, 0.4) is 0 Å². The third-order valence-corrected chi connectivity index (χ3v) is 7.08. The van der Waals surface area contributed by atoms with Crippen LogP contribution in [0.2, 0.25) is 0 Å². The molecule has 3 rings (SSSR count). The summed E-state index contributed by atoms with van der Waals surface area (Å²) in [6.07, 6.45) is -5.15. The third-order valence-electron chi connectivity index (χ3n) is 5.89. The quantitative estimate of drug-likeness (QED) is 0.386. The molecule has 0 spiro atoms. The smallest absolute Gasteiger partial charge is 0.303 e. The number of rotatable bonds is 10. The number of carbonyl (C=O) groups excluding carboxylic acids is 1. The highest BCUT2D eigenvalue weighted by molar-refractivity contribution is 8.00. The van der Waals surface area contributed by atoms with E-state index in [1.165, 1.54) is 35.4 Å². The Kier molecular flexibility index (Phi) is 9.68. The molecule has 5 atom stereocenters. The van der Waals surface area contributed by atoms with Crippen molar-refractivity contribution < 1.29 is 48.5 Å². The van der Waals surface area contributed by atoms with Gasteiger partial charge in [-0.25, -0.2) is 0 Å². The molecule has 0 aliphatic carbocycles. The van der Waals surface area contributed by atoms with Crippen LogP contribution in [0.25, 0.3) is 5.57 Å². The molecule has 11 heteroatoms. The van der Waals surface area contributed by atoms with Crippen LogP contribution < -0.4 is 18.9 Å². The Morgan fingerprint density at radius 2 is 1.57 bits per heavy atom. The van der Waals surface area contributed by atoms with Crippen molar-refractivity contribution in [2.45, 2.75) is 41.7 Å². The van der Waals surface area contributed by atoms with Gasteiger partial charge in [-0.3, -0.25) is 4.79 Å². The van der Waals surface area contributed by atoms with Gasteiger partial charge in [-0.2, -0.15) is 0 Å². The number of hydrogen-bond donors (Lipinski definition) is 3. The van der Waals surface area contributed by atoms with E-state index in [0.717, 1.165) is 22.9 Å². The SMILES string of the molecule is C=C(c1cc(OC)c(OC)c(OC)c1)c1ccc(OC)c(S[C@@H]2O[C@H](CO)[C@H](O)[C@H](O)[C@H]2OC(C)=O)c1. The number of ether oxygens (including phenoxy) is 6. The summed E-state index contributed by atoms with van der Waals surface area (Å²) in [4.78, 5) is 12.3. The first-order chi connectivity index (χ1) is 17.7. The first-order valence-electron chi connectivity index (χ1n) is 11.3. The van der Waals surface area contributed by atoms with E-state index in [0.29, 0.717) is 33.5 Å². The second-order valence-electron chi connectivity index (χ2n) is 8.16. The minimum atomic E-state index is -1.46. The van der Waals surface area contributed by atoms with Crippen LogP contribution in [-0.4, -0.2) is 86.2 Å². The third kappa shape index (κ3) is 6.13. The van der Waals surface area contributed by atoms with Crippen LogP contribution in [0.15, 0.2) is 41.8 Å². The molecule has 0 amide bonds. The van der Waals surface area contributed by atoms with Crippen molar-refractivity contribution in [2.75, 3.05) is 35.0 Å². The minimum Gasteiger partial charge on any atom is -0.496 e. The minimum absolute atomic E-state index is 0.456. The van der Waals surface area contributed by atoms with Crippen molar-refractivity contribution in [1.29, 1.82) is 0 Å². The number of carbonyl (C=O) groups is 1. The number of aliphatic hydroxyl groups excluding tert-OH is 3. The maximum Gasteiger partial charge on any atom is 0.303 e. The summed E-state index contributed by atoms with van der Waals surface area (Å²) in [6, 6.07) is 8.96. The predicted octanol–water partition coefficient (Wildman–Crippen LogP) is 2.25. The molecule has 0 saturated carbocycles. The molecule has 0 radical (unpaired) electrons. The van der Waals surface area contributed by atoms with E-state index in [1.807, 2.05) is 12.1 Å². The highest BCUT2D eigenvalue weighted by Gasteiger charge is 2.46. The van der Waals surface area contributed by atoms with E-state index in [1.54, 1.807) is 18.2 Å². The zero-order valence-electron chi connectivity index (χ0n) is 21.3. The average molecular weight is 537 g/mol. The van der Waals surface area contributed by atoms with Crippen LogP contribution in [0.4, 0.5) is 0 Å². The van der Waals surface area contributed by atoms with Gasteiger partial charge in [0.15, 0.2) is 17.6 Å². The van der Waals surface area contributed by atoms with Gasteiger partial charge in [-0.1, -0.05) is 24.4 Å². The number of esters is 1. The van der Waals surface area contributed by atoms with Crippen molar-refractivity contribution in [3.05, 3.63) is 48.0 Å². The summed E-state index contributed by atoms with van der Waals surface area (Å²) in [5.41, 5.74) is 1.16. The molecule has 1 aliphatic heterocycles. The van der Waals surface area contributed by atoms with Gasteiger partial charge < -0.3 is 43.7 Å². The molecule has 1 fully saturated rings. The highest BCUT2D eigenvalue weighted by Crippen LogP contribution is 2.43. The van der Waals surface area contributed by atoms with Gasteiger partial charge in [0.2, 0.25) is 5.75 Å². The first-order valence-corrected chi connectivity index (χ1v) is 12.2. The fraction of sp³-hybridized carbons (Fsp3) is 0.423. The van der Waals surface area contributed by atoms with Gasteiger partial charge in [-0.05, 0) is 41.0 Å². The fourth-order valence-electron chi connectivity index (χ4n) is 3.97. The molecular weight excluding hydrogens is 504 g/mol. The molecule has 2 aromatic rings. The lowest BCUT2D eigenvalue weighted by atomic mass is 9.98. The van der Waals surface area contributed by atoms with Crippen LogP contribution in [0, 0.1) is 0 Å². The standard InChI is InChI=1S/C26H32O10S/c1-13(16-9-18(32-4)24(34-6)19(10-16)33-5)15-7-8-17(31-3)21(11-15)37-26-25(35-14(2)28)23(30)22(29)20(12-27)36-26/h7-11,20,22-23,25-27,29-30H,1,12H2,2-6H3/t20-,22+,23+,25-,26+/m1/s1. The number of benzene rings is 2. The molecule has 37 heavy (non-hydrogen) atoms. The maximum absolute atomic E-state index is 11.7. The molecule has 10 nitrogen and oxygen atoms in total. The summed E-state index contributed by atoms with van der Waals surface area (Å²) in [6.45, 7) is 4.90. The lowest BCUT2D eigenvalue weighted by Crippen LogP contribution is -2.58. The van der Waals surface area contributed by atoms with Crippen molar-refractivity contribution in [3.8, 4) is 23.0 Å². The van der Waals surface area contributed by atoms with Crippen molar-refractivity contribution in [2.24, 2.45) is 0 Å². The van der Waals surface area contributed by atoms with Gasteiger partial charge >= 0.3 is 5.97 Å². The van der Waals surface area contributed by atoms with E-state index >= 15 is 0 Å². The van der Waals surface area contributed by atoms with E-state index in [9.17, 15) is 20.1 Å². The zero-order valence-corrected chi connectivity index (χ0v) is 22.1. The van der Waals surface area contributed by atoms with Gasteiger partial charge in [-0.15, -0.1) is 0 Å². The Morgan fingerprint density at radius 3 is 2.08 bits per heavy atom. The normalized spacial score (nSPS) is 23.2. The monoisotopic (exact) mass is 536 g/mol. The second-order valence-corrected chi connectivity index (χ2v) is 9.30. The highest BCUT2D eigenvalue weighted by atomic mass is 32.2. The van der Waals surface area contributed by atoms with E-state index < -0.39 is 42.4 Å². The van der Waals surface area contributed by atoms with Gasteiger partial charge in [0, 0.05) is 6.92 Å². The van der Waals surface area contributed by atoms with E-state index in [4.69, 9.17) is 28.4 Å². The molecule has 1 heterocycles. The lowest BCUT2D eigenvalue weighted by Gasteiger charge is -2.41. The average Bonchev–Trinajstić information content (AvgIpc) is 2.90. The summed E-state index contributed by atoms with van der Waals surface area (Å²) < 4.78 is 32.9. The molecule has 0 bridgehead atoms. The summed E-state index contributed by atoms with van der Waals surface area (Å²) >= 11 is 1.12. The summed E-state index contributed by atoms with van der Waals surface area (Å²) in [5.74, 6) is 1.26. The molecule has 2 aromatic carbocycles. The van der Waals surface area contributed by atoms with Crippen molar-refractivity contribution >= 4 is 23.3 Å². The zero-order chi connectivity index (χ0) is 27.3. The molecule has 3 N–H and O–H groups in total. The number of thioether (sulfide) groups is 1. The predicted molar refractivity (Wildman–Crippen MR) is 136 cm³/mol. The van der Waals surface area contributed by atoms with Crippen LogP contribution >= 0.6 is 11.8 Å². The Bertz CT molecular complexity index is 1100. The van der Waals surface area contributed by atoms with Crippen LogP contribution in [0.5, 0.6) is 23.0 Å². The van der Waals surface area contributed by atoms with Crippen molar-refractivity contribution in [3.63, 3.8) is 0 Å². The number of aliphatic hydroxyl groups is 3. The molecule has 0 aromatic heterocycles.